The predicted octanol–water partition coefficient (Wildman–Crippen LogP) is 3.04. The number of hydrogen-bond donors (Lipinski definition) is 0. The van der Waals surface area contributed by atoms with Gasteiger partial charge >= 0.3 is 5.97 Å². The molecule has 3 nitrogen and oxygen atoms in total. The van der Waals surface area contributed by atoms with Crippen molar-refractivity contribution in [2.24, 2.45) is 0 Å². The van der Waals surface area contributed by atoms with E-state index in [1.54, 1.807) is 0 Å². The molecular formula is C16H14O3. The average molecular weight is 254 g/mol. The predicted molar refractivity (Wildman–Crippen MR) is 70.4 cm³/mol. The zero-order valence-electron chi connectivity index (χ0n) is 10.4. The van der Waals surface area contributed by atoms with Gasteiger partial charge in [-0.25, -0.2) is 4.79 Å². The van der Waals surface area contributed by atoms with Crippen LogP contribution in [0.5, 0.6) is 0 Å². The first-order chi connectivity index (χ1) is 9.34. The maximum Gasteiger partial charge on any atom is 0.332 e. The molecule has 0 spiro atoms. The van der Waals surface area contributed by atoms with E-state index in [1.807, 2.05) is 60.7 Å². The van der Waals surface area contributed by atoms with Crippen molar-refractivity contribution in [1.82, 2.24) is 0 Å². The summed E-state index contributed by atoms with van der Waals surface area (Å²) >= 11 is 0. The summed E-state index contributed by atoms with van der Waals surface area (Å²) in [5.41, 5.74) is 1.97. The van der Waals surface area contributed by atoms with Crippen LogP contribution in [0.15, 0.2) is 60.7 Å². The van der Waals surface area contributed by atoms with E-state index in [4.69, 9.17) is 9.47 Å². The number of rotatable bonds is 2. The van der Waals surface area contributed by atoms with Crippen molar-refractivity contribution in [2.75, 3.05) is 6.61 Å². The normalized spacial score (nSPS) is 22.8. The van der Waals surface area contributed by atoms with Gasteiger partial charge in [0.25, 0.3) is 0 Å². The van der Waals surface area contributed by atoms with E-state index in [0.29, 0.717) is 0 Å². The molecule has 96 valence electrons. The minimum atomic E-state index is -0.384. The number of carbonyl (C=O) groups excluding carboxylic acids is 1. The Hall–Kier alpha value is -2.13. The van der Waals surface area contributed by atoms with Crippen LogP contribution in [0.25, 0.3) is 0 Å². The van der Waals surface area contributed by atoms with Crippen LogP contribution in [0.2, 0.25) is 0 Å². The maximum atomic E-state index is 11.5. The first kappa shape index (κ1) is 11.9. The van der Waals surface area contributed by atoms with Gasteiger partial charge < -0.3 is 9.47 Å². The molecule has 0 unspecified atom stereocenters. The van der Waals surface area contributed by atoms with E-state index in [2.05, 4.69) is 0 Å². The first-order valence-electron chi connectivity index (χ1n) is 6.25. The number of cyclic esters (lactones) is 1. The second-order valence-corrected chi connectivity index (χ2v) is 4.46. The van der Waals surface area contributed by atoms with Crippen LogP contribution in [0.3, 0.4) is 0 Å². The van der Waals surface area contributed by atoms with Crippen LogP contribution in [-0.4, -0.2) is 12.6 Å². The monoisotopic (exact) mass is 254 g/mol. The Morgan fingerprint density at radius 1 is 0.789 bits per heavy atom. The van der Waals surface area contributed by atoms with Crippen LogP contribution in [-0.2, 0) is 14.3 Å². The molecule has 0 amide bonds. The Morgan fingerprint density at radius 2 is 1.32 bits per heavy atom. The van der Waals surface area contributed by atoms with E-state index in [1.165, 1.54) is 0 Å². The van der Waals surface area contributed by atoms with Crippen LogP contribution >= 0.6 is 0 Å². The summed E-state index contributed by atoms with van der Waals surface area (Å²) in [6.07, 6.45) is -0.633. The third-order valence-electron chi connectivity index (χ3n) is 3.17. The summed E-state index contributed by atoms with van der Waals surface area (Å²) in [6, 6.07) is 19.5. The third-order valence-corrected chi connectivity index (χ3v) is 3.17. The smallest absolute Gasteiger partial charge is 0.332 e. The lowest BCUT2D eigenvalue weighted by molar-refractivity contribution is -0.185. The number of ether oxygens (including phenoxy) is 2. The Labute approximate surface area is 111 Å². The maximum absolute atomic E-state index is 11.5. The molecule has 3 heteroatoms. The summed E-state index contributed by atoms with van der Waals surface area (Å²) in [6.45, 7) is 0.00287. The zero-order chi connectivity index (χ0) is 13.1. The molecular weight excluding hydrogens is 240 g/mol. The topological polar surface area (TPSA) is 35.5 Å². The van der Waals surface area contributed by atoms with Gasteiger partial charge in [0.15, 0.2) is 6.10 Å². The summed E-state index contributed by atoms with van der Waals surface area (Å²) in [5, 5.41) is 0. The molecule has 0 bridgehead atoms. The highest BCUT2D eigenvalue weighted by atomic mass is 16.6. The van der Waals surface area contributed by atoms with Gasteiger partial charge in [0, 0.05) is 0 Å². The summed E-state index contributed by atoms with van der Waals surface area (Å²) < 4.78 is 11.1. The second kappa shape index (κ2) is 5.24. The molecule has 1 aliphatic heterocycles. The number of esters is 1. The molecule has 0 N–H and O–H groups in total. The van der Waals surface area contributed by atoms with Crippen LogP contribution in [0.1, 0.15) is 23.3 Å². The molecule has 1 aliphatic rings. The fourth-order valence-corrected chi connectivity index (χ4v) is 2.28. The zero-order valence-corrected chi connectivity index (χ0v) is 10.4. The van der Waals surface area contributed by atoms with Crippen LogP contribution in [0, 0.1) is 0 Å². The molecule has 3 rings (SSSR count). The molecule has 19 heavy (non-hydrogen) atoms. The molecule has 1 fully saturated rings. The van der Waals surface area contributed by atoms with Crippen LogP contribution in [0.4, 0.5) is 0 Å². The molecule has 0 saturated carbocycles. The van der Waals surface area contributed by atoms with Crippen molar-refractivity contribution in [3.8, 4) is 0 Å². The minimum absolute atomic E-state index is 0.00287. The van der Waals surface area contributed by atoms with Crippen molar-refractivity contribution >= 4 is 5.97 Å². The fourth-order valence-electron chi connectivity index (χ4n) is 2.28. The highest BCUT2D eigenvalue weighted by molar-refractivity contribution is 5.71. The third kappa shape index (κ3) is 2.51. The Bertz CT molecular complexity index is 551. The van der Waals surface area contributed by atoms with Gasteiger partial charge in [-0.05, 0) is 11.1 Å². The van der Waals surface area contributed by atoms with E-state index >= 15 is 0 Å². The quantitative estimate of drug-likeness (QED) is 0.773. The number of benzene rings is 2. The Morgan fingerprint density at radius 3 is 1.89 bits per heavy atom. The molecule has 2 aromatic carbocycles. The Balaban J connectivity index is 1.95. The SMILES string of the molecule is O=C1CO[C@@H](c2ccccc2)[C@@H](c2ccccc2)O1. The van der Waals surface area contributed by atoms with Gasteiger partial charge in [-0.1, -0.05) is 60.7 Å². The molecule has 2 atom stereocenters. The van der Waals surface area contributed by atoms with E-state index in [0.717, 1.165) is 11.1 Å². The highest BCUT2D eigenvalue weighted by Crippen LogP contribution is 2.37. The lowest BCUT2D eigenvalue weighted by Crippen LogP contribution is -2.30. The molecule has 0 aromatic heterocycles. The molecule has 2 aromatic rings. The Kier molecular flexibility index (Phi) is 3.29. The highest BCUT2D eigenvalue weighted by Gasteiger charge is 2.33. The van der Waals surface area contributed by atoms with Crippen molar-refractivity contribution in [1.29, 1.82) is 0 Å². The minimum Gasteiger partial charge on any atom is -0.453 e. The van der Waals surface area contributed by atoms with E-state index < -0.39 is 0 Å². The van der Waals surface area contributed by atoms with Crippen LogP contribution < -0.4 is 0 Å². The molecule has 0 aliphatic carbocycles. The fraction of sp³-hybridized carbons (Fsp3) is 0.188. The van der Waals surface area contributed by atoms with Gasteiger partial charge in [-0.15, -0.1) is 0 Å². The number of hydrogen-bond acceptors (Lipinski definition) is 3. The van der Waals surface area contributed by atoms with Crippen molar-refractivity contribution < 1.29 is 14.3 Å². The lowest BCUT2D eigenvalue weighted by Gasteiger charge is -2.31. The second-order valence-electron chi connectivity index (χ2n) is 4.46. The summed E-state index contributed by atoms with van der Waals surface area (Å²) in [5.74, 6) is -0.318. The standard InChI is InChI=1S/C16H14O3/c17-14-11-18-15(12-7-3-1-4-8-12)16(19-14)13-9-5-2-6-10-13/h1-10,15-16H,11H2/t15-,16+/m0/s1. The van der Waals surface area contributed by atoms with Crippen molar-refractivity contribution in [3.05, 3.63) is 71.8 Å². The van der Waals surface area contributed by atoms with E-state index in [-0.39, 0.29) is 24.8 Å². The van der Waals surface area contributed by atoms with E-state index in [9.17, 15) is 4.79 Å². The number of carbonyl (C=O) groups is 1. The molecule has 0 radical (unpaired) electrons. The molecule has 1 heterocycles. The lowest BCUT2D eigenvalue weighted by atomic mass is 9.97. The summed E-state index contributed by atoms with van der Waals surface area (Å²) in [7, 11) is 0. The average Bonchev–Trinajstić information content (AvgIpc) is 2.49. The first-order valence-corrected chi connectivity index (χ1v) is 6.25. The van der Waals surface area contributed by atoms with Crippen molar-refractivity contribution in [3.63, 3.8) is 0 Å². The van der Waals surface area contributed by atoms with Crippen molar-refractivity contribution in [2.45, 2.75) is 12.2 Å². The molecule has 1 saturated heterocycles. The largest absolute Gasteiger partial charge is 0.453 e. The van der Waals surface area contributed by atoms with Gasteiger partial charge in [-0.3, -0.25) is 0 Å². The van der Waals surface area contributed by atoms with Gasteiger partial charge in [0.2, 0.25) is 0 Å². The van der Waals surface area contributed by atoms with Gasteiger partial charge in [-0.2, -0.15) is 0 Å². The van der Waals surface area contributed by atoms with Gasteiger partial charge in [0.1, 0.15) is 12.7 Å². The van der Waals surface area contributed by atoms with Gasteiger partial charge in [0.05, 0.1) is 0 Å². The summed E-state index contributed by atoms with van der Waals surface area (Å²) in [4.78, 5) is 11.5.